The first-order valence-corrected chi connectivity index (χ1v) is 11.0. The lowest BCUT2D eigenvalue weighted by Crippen LogP contribution is -2.52. The number of nitrogens with zero attached hydrogens (tertiary/aromatic N) is 1. The van der Waals surface area contributed by atoms with Crippen molar-refractivity contribution in [3.63, 3.8) is 0 Å². The summed E-state index contributed by atoms with van der Waals surface area (Å²) in [6.45, 7) is 10.3. The zero-order valence-electron chi connectivity index (χ0n) is 20.1. The van der Waals surface area contributed by atoms with Gasteiger partial charge in [0.05, 0.1) is 13.7 Å². The van der Waals surface area contributed by atoms with E-state index in [0.717, 1.165) is 11.3 Å². The maximum atomic E-state index is 13.1. The van der Waals surface area contributed by atoms with Crippen molar-refractivity contribution >= 4 is 11.8 Å². The number of carbonyl (C=O) groups excluding carboxylic acids is 2. The summed E-state index contributed by atoms with van der Waals surface area (Å²) in [5.74, 6) is 1.24. The van der Waals surface area contributed by atoms with E-state index in [4.69, 9.17) is 9.47 Å². The van der Waals surface area contributed by atoms with E-state index in [9.17, 15) is 9.59 Å². The largest absolute Gasteiger partial charge is 0.497 e. The third-order valence-electron chi connectivity index (χ3n) is 4.98. The number of amides is 2. The van der Waals surface area contributed by atoms with Gasteiger partial charge in [-0.05, 0) is 70.9 Å². The fourth-order valence-electron chi connectivity index (χ4n) is 3.22. The second kappa shape index (κ2) is 11.6. The molecule has 0 radical (unpaired) electrons. The van der Waals surface area contributed by atoms with Crippen molar-refractivity contribution in [2.45, 2.75) is 65.6 Å². The van der Waals surface area contributed by atoms with Crippen LogP contribution >= 0.6 is 0 Å². The molecular formula is C26H36N2O4. The number of aryl methyl sites for hydroxylation is 1. The van der Waals surface area contributed by atoms with E-state index in [1.807, 2.05) is 76.2 Å². The van der Waals surface area contributed by atoms with Crippen LogP contribution in [0.15, 0.2) is 48.5 Å². The maximum absolute atomic E-state index is 13.1. The number of hydrogen-bond donors (Lipinski definition) is 1. The smallest absolute Gasteiger partial charge is 0.242 e. The van der Waals surface area contributed by atoms with E-state index in [2.05, 4.69) is 5.32 Å². The summed E-state index contributed by atoms with van der Waals surface area (Å²) in [5.41, 5.74) is 1.70. The van der Waals surface area contributed by atoms with Gasteiger partial charge in [-0.2, -0.15) is 0 Å². The summed E-state index contributed by atoms with van der Waals surface area (Å²) in [4.78, 5) is 27.6. The molecule has 0 unspecified atom stereocenters. The van der Waals surface area contributed by atoms with Crippen LogP contribution in [0.3, 0.4) is 0 Å². The minimum absolute atomic E-state index is 0.0862. The van der Waals surface area contributed by atoms with Crippen LogP contribution in [0.2, 0.25) is 0 Å². The number of hydrogen-bond acceptors (Lipinski definition) is 4. The van der Waals surface area contributed by atoms with Crippen molar-refractivity contribution < 1.29 is 19.1 Å². The first-order chi connectivity index (χ1) is 15.1. The molecule has 0 aliphatic rings. The van der Waals surface area contributed by atoms with Gasteiger partial charge in [0, 0.05) is 18.5 Å². The first kappa shape index (κ1) is 25.2. The Balaban J connectivity index is 2.05. The van der Waals surface area contributed by atoms with E-state index in [0.29, 0.717) is 31.7 Å². The SMILES string of the molecule is COc1cccc(CN(C(=O)CCCOc2ccc(C)cc2)[C@@H](C)C(=O)NC(C)(C)C)c1. The average molecular weight is 441 g/mol. The highest BCUT2D eigenvalue weighted by Crippen LogP contribution is 2.18. The monoisotopic (exact) mass is 440 g/mol. The van der Waals surface area contributed by atoms with Crippen molar-refractivity contribution in [3.8, 4) is 11.5 Å². The Morgan fingerprint density at radius 1 is 1.06 bits per heavy atom. The Hall–Kier alpha value is -3.02. The zero-order valence-corrected chi connectivity index (χ0v) is 20.1. The van der Waals surface area contributed by atoms with Crippen molar-refractivity contribution in [1.82, 2.24) is 10.2 Å². The Labute approximate surface area is 191 Å². The fraction of sp³-hybridized carbons (Fsp3) is 0.462. The third-order valence-corrected chi connectivity index (χ3v) is 4.98. The van der Waals surface area contributed by atoms with Gasteiger partial charge in [-0.15, -0.1) is 0 Å². The van der Waals surface area contributed by atoms with E-state index in [1.165, 1.54) is 5.56 Å². The van der Waals surface area contributed by atoms with Crippen LogP contribution in [0.4, 0.5) is 0 Å². The second-order valence-electron chi connectivity index (χ2n) is 9.05. The van der Waals surface area contributed by atoms with Crippen molar-refractivity contribution in [2.75, 3.05) is 13.7 Å². The molecule has 0 heterocycles. The topological polar surface area (TPSA) is 67.9 Å². The van der Waals surface area contributed by atoms with Gasteiger partial charge in [-0.25, -0.2) is 0 Å². The highest BCUT2D eigenvalue weighted by atomic mass is 16.5. The van der Waals surface area contributed by atoms with E-state index >= 15 is 0 Å². The molecule has 1 N–H and O–H groups in total. The van der Waals surface area contributed by atoms with Gasteiger partial charge in [-0.1, -0.05) is 29.8 Å². The van der Waals surface area contributed by atoms with Crippen LogP contribution in [-0.2, 0) is 16.1 Å². The van der Waals surface area contributed by atoms with E-state index in [1.54, 1.807) is 18.9 Å². The van der Waals surface area contributed by atoms with Crippen LogP contribution in [0.25, 0.3) is 0 Å². The molecule has 0 aliphatic carbocycles. The highest BCUT2D eigenvalue weighted by Gasteiger charge is 2.28. The lowest BCUT2D eigenvalue weighted by molar-refractivity contribution is -0.141. The van der Waals surface area contributed by atoms with E-state index < -0.39 is 6.04 Å². The number of rotatable bonds is 10. The van der Waals surface area contributed by atoms with Crippen LogP contribution in [0.1, 0.15) is 51.7 Å². The number of carbonyl (C=O) groups is 2. The van der Waals surface area contributed by atoms with Gasteiger partial charge < -0.3 is 19.7 Å². The Kier molecular flexibility index (Phi) is 9.12. The molecule has 1 atom stereocenters. The molecule has 0 aromatic heterocycles. The lowest BCUT2D eigenvalue weighted by Gasteiger charge is -2.31. The number of ether oxygens (including phenoxy) is 2. The minimum atomic E-state index is -0.606. The fourth-order valence-corrected chi connectivity index (χ4v) is 3.22. The summed E-state index contributed by atoms with van der Waals surface area (Å²) < 4.78 is 11.0. The summed E-state index contributed by atoms with van der Waals surface area (Å²) >= 11 is 0. The molecule has 6 nitrogen and oxygen atoms in total. The Morgan fingerprint density at radius 3 is 2.38 bits per heavy atom. The normalized spacial score (nSPS) is 12.1. The van der Waals surface area contributed by atoms with Gasteiger partial charge in [0.25, 0.3) is 0 Å². The molecular weight excluding hydrogens is 404 g/mol. The molecule has 2 rings (SSSR count). The molecule has 0 bridgehead atoms. The predicted octanol–water partition coefficient (Wildman–Crippen LogP) is 4.49. The molecule has 2 aromatic rings. The van der Waals surface area contributed by atoms with Crippen LogP contribution in [0.5, 0.6) is 11.5 Å². The molecule has 0 saturated heterocycles. The van der Waals surface area contributed by atoms with Gasteiger partial charge in [0.2, 0.25) is 11.8 Å². The quantitative estimate of drug-likeness (QED) is 0.553. The highest BCUT2D eigenvalue weighted by molar-refractivity contribution is 5.87. The van der Waals surface area contributed by atoms with Crippen molar-refractivity contribution in [1.29, 1.82) is 0 Å². The van der Waals surface area contributed by atoms with Gasteiger partial charge in [0.1, 0.15) is 17.5 Å². The van der Waals surface area contributed by atoms with Crippen LogP contribution in [0, 0.1) is 6.92 Å². The summed E-state index contributed by atoms with van der Waals surface area (Å²) in [5, 5.41) is 2.97. The summed E-state index contributed by atoms with van der Waals surface area (Å²) in [6.07, 6.45) is 0.859. The van der Waals surface area contributed by atoms with Crippen molar-refractivity contribution in [2.24, 2.45) is 0 Å². The zero-order chi connectivity index (χ0) is 23.7. The van der Waals surface area contributed by atoms with E-state index in [-0.39, 0.29) is 17.4 Å². The molecule has 0 aliphatic heterocycles. The molecule has 2 amide bonds. The molecule has 0 saturated carbocycles. The predicted molar refractivity (Wildman–Crippen MR) is 127 cm³/mol. The Morgan fingerprint density at radius 2 is 1.75 bits per heavy atom. The molecule has 0 spiro atoms. The van der Waals surface area contributed by atoms with Gasteiger partial charge in [-0.3, -0.25) is 9.59 Å². The molecule has 6 heteroatoms. The standard InChI is InChI=1S/C26H36N2O4/c1-19-12-14-22(15-13-19)32-16-8-11-24(29)28(20(2)25(30)27-26(3,4)5)18-21-9-7-10-23(17-21)31-6/h7,9-10,12-15,17,20H,8,11,16,18H2,1-6H3,(H,27,30)/t20-/m0/s1. The third kappa shape index (κ3) is 8.25. The minimum Gasteiger partial charge on any atom is -0.497 e. The van der Waals surface area contributed by atoms with Gasteiger partial charge in [0.15, 0.2) is 0 Å². The molecule has 0 fully saturated rings. The maximum Gasteiger partial charge on any atom is 0.242 e. The average Bonchev–Trinajstić information content (AvgIpc) is 2.74. The summed E-state index contributed by atoms with van der Waals surface area (Å²) in [7, 11) is 1.61. The molecule has 174 valence electrons. The van der Waals surface area contributed by atoms with Gasteiger partial charge >= 0.3 is 0 Å². The van der Waals surface area contributed by atoms with Crippen LogP contribution in [-0.4, -0.2) is 42.0 Å². The second-order valence-corrected chi connectivity index (χ2v) is 9.05. The number of benzene rings is 2. The molecule has 32 heavy (non-hydrogen) atoms. The van der Waals surface area contributed by atoms with Crippen molar-refractivity contribution in [3.05, 3.63) is 59.7 Å². The number of methoxy groups -OCH3 is 1. The summed E-state index contributed by atoms with van der Waals surface area (Å²) in [6, 6.07) is 14.8. The Bertz CT molecular complexity index is 887. The lowest BCUT2D eigenvalue weighted by atomic mass is 10.1. The van der Waals surface area contributed by atoms with Crippen LogP contribution < -0.4 is 14.8 Å². The first-order valence-electron chi connectivity index (χ1n) is 11.0. The number of nitrogens with one attached hydrogen (secondary N) is 1. The molecule has 2 aromatic carbocycles.